The number of likely N-dealkylation sites (N-methyl/N-ethyl adjacent to an activating group) is 1. The minimum absolute atomic E-state index is 0.0451. The van der Waals surface area contributed by atoms with E-state index < -0.39 is 21.8 Å². The van der Waals surface area contributed by atoms with Crippen LogP contribution in [0.3, 0.4) is 0 Å². The maximum absolute atomic E-state index is 12.2. The summed E-state index contributed by atoms with van der Waals surface area (Å²) in [5.74, 6) is -0.825. The van der Waals surface area contributed by atoms with Gasteiger partial charge in [-0.1, -0.05) is 34.8 Å². The highest BCUT2D eigenvalue weighted by molar-refractivity contribution is 7.89. The molecule has 0 saturated heterocycles. The number of hydrogen-bond donors (Lipinski definition) is 2. The minimum atomic E-state index is -3.75. The Morgan fingerprint density at radius 2 is 1.66 bits per heavy atom. The van der Waals surface area contributed by atoms with Crippen LogP contribution in [-0.4, -0.2) is 45.3 Å². The summed E-state index contributed by atoms with van der Waals surface area (Å²) in [5, 5.41) is 3.67. The molecule has 0 aliphatic heterocycles. The van der Waals surface area contributed by atoms with Gasteiger partial charge in [0, 0.05) is 30.7 Å². The van der Waals surface area contributed by atoms with Crippen LogP contribution in [0.25, 0.3) is 0 Å². The maximum atomic E-state index is 12.2. The SMILES string of the molecule is CN(CC(=O)Nc1ccc(Cl)c(Cl)c1)C(=O)CCNS(=O)(=O)c1ccc(Cl)cc1. The van der Waals surface area contributed by atoms with Gasteiger partial charge in [-0.3, -0.25) is 9.59 Å². The Morgan fingerprint density at radius 3 is 2.28 bits per heavy atom. The minimum Gasteiger partial charge on any atom is -0.336 e. The molecular weight excluding hydrogens is 461 g/mol. The summed E-state index contributed by atoms with van der Waals surface area (Å²) >= 11 is 17.4. The third-order valence-corrected chi connectivity index (χ3v) is 6.23. The molecule has 11 heteroatoms. The normalized spacial score (nSPS) is 11.2. The van der Waals surface area contributed by atoms with Crippen molar-refractivity contribution in [2.45, 2.75) is 11.3 Å². The molecule has 2 rings (SSSR count). The third kappa shape index (κ3) is 7.17. The van der Waals surface area contributed by atoms with Crippen molar-refractivity contribution in [3.05, 3.63) is 57.5 Å². The second-order valence-corrected chi connectivity index (χ2v) is 9.05. The first kappa shape index (κ1) is 23.4. The van der Waals surface area contributed by atoms with Crippen molar-refractivity contribution in [1.82, 2.24) is 9.62 Å². The molecule has 0 atom stereocenters. The number of sulfonamides is 1. The molecule has 0 aromatic heterocycles. The molecule has 0 heterocycles. The summed E-state index contributed by atoms with van der Waals surface area (Å²) in [6, 6.07) is 10.3. The second-order valence-electron chi connectivity index (χ2n) is 6.03. The average molecular weight is 479 g/mol. The smallest absolute Gasteiger partial charge is 0.243 e. The van der Waals surface area contributed by atoms with Crippen molar-refractivity contribution in [2.75, 3.05) is 25.5 Å². The zero-order chi connectivity index (χ0) is 21.6. The predicted octanol–water partition coefficient (Wildman–Crippen LogP) is 3.41. The fourth-order valence-corrected chi connectivity index (χ4v) is 3.71. The van der Waals surface area contributed by atoms with Gasteiger partial charge in [0.2, 0.25) is 21.8 Å². The van der Waals surface area contributed by atoms with E-state index in [0.29, 0.717) is 20.8 Å². The molecule has 2 N–H and O–H groups in total. The lowest BCUT2D eigenvalue weighted by molar-refractivity contribution is -0.133. The van der Waals surface area contributed by atoms with Gasteiger partial charge in [0.25, 0.3) is 0 Å². The van der Waals surface area contributed by atoms with Crippen LogP contribution in [0.1, 0.15) is 6.42 Å². The summed E-state index contributed by atoms with van der Waals surface area (Å²) in [4.78, 5) is 25.5. The van der Waals surface area contributed by atoms with E-state index >= 15 is 0 Å². The number of anilines is 1. The van der Waals surface area contributed by atoms with Crippen molar-refractivity contribution >= 4 is 62.3 Å². The van der Waals surface area contributed by atoms with E-state index in [-0.39, 0.29) is 24.4 Å². The van der Waals surface area contributed by atoms with Crippen LogP contribution in [0.15, 0.2) is 47.4 Å². The predicted molar refractivity (Wildman–Crippen MR) is 114 cm³/mol. The van der Waals surface area contributed by atoms with Gasteiger partial charge >= 0.3 is 0 Å². The molecule has 0 unspecified atom stereocenters. The first-order chi connectivity index (χ1) is 13.6. The average Bonchev–Trinajstić information content (AvgIpc) is 2.64. The molecule has 0 aliphatic rings. The Bertz CT molecular complexity index is 998. The number of halogens is 3. The molecule has 0 radical (unpaired) electrons. The van der Waals surface area contributed by atoms with E-state index in [1.165, 1.54) is 42.3 Å². The number of nitrogens with zero attached hydrogens (tertiary/aromatic N) is 1. The van der Waals surface area contributed by atoms with Gasteiger partial charge in [0.1, 0.15) is 0 Å². The molecule has 2 aromatic carbocycles. The van der Waals surface area contributed by atoms with Gasteiger partial charge in [0.15, 0.2) is 0 Å². The molecule has 2 aromatic rings. The fourth-order valence-electron chi connectivity index (χ4n) is 2.26. The molecule has 0 aliphatic carbocycles. The van der Waals surface area contributed by atoms with Crippen LogP contribution < -0.4 is 10.0 Å². The number of carbonyl (C=O) groups is 2. The van der Waals surface area contributed by atoms with Crippen LogP contribution in [0.5, 0.6) is 0 Å². The van der Waals surface area contributed by atoms with Crippen LogP contribution >= 0.6 is 34.8 Å². The van der Waals surface area contributed by atoms with Crippen LogP contribution in [0.2, 0.25) is 15.1 Å². The summed E-state index contributed by atoms with van der Waals surface area (Å²) in [7, 11) is -2.30. The summed E-state index contributed by atoms with van der Waals surface area (Å²) < 4.78 is 26.7. The van der Waals surface area contributed by atoms with Crippen molar-refractivity contribution in [2.24, 2.45) is 0 Å². The van der Waals surface area contributed by atoms with E-state index in [4.69, 9.17) is 34.8 Å². The number of carbonyl (C=O) groups excluding carboxylic acids is 2. The van der Waals surface area contributed by atoms with Gasteiger partial charge in [-0.15, -0.1) is 0 Å². The van der Waals surface area contributed by atoms with Crippen LogP contribution in [0, 0.1) is 0 Å². The van der Waals surface area contributed by atoms with Gasteiger partial charge in [-0.2, -0.15) is 0 Å². The van der Waals surface area contributed by atoms with Crippen molar-refractivity contribution < 1.29 is 18.0 Å². The Labute approximate surface area is 184 Å². The quantitative estimate of drug-likeness (QED) is 0.608. The van der Waals surface area contributed by atoms with Gasteiger partial charge in [-0.05, 0) is 42.5 Å². The molecule has 0 saturated carbocycles. The van der Waals surface area contributed by atoms with E-state index in [9.17, 15) is 18.0 Å². The third-order valence-electron chi connectivity index (χ3n) is 3.76. The number of hydrogen-bond acceptors (Lipinski definition) is 4. The van der Waals surface area contributed by atoms with E-state index in [0.717, 1.165) is 0 Å². The maximum Gasteiger partial charge on any atom is 0.243 e. The number of amides is 2. The first-order valence-corrected chi connectivity index (χ1v) is 10.9. The zero-order valence-electron chi connectivity index (χ0n) is 15.3. The highest BCUT2D eigenvalue weighted by Gasteiger charge is 2.17. The highest BCUT2D eigenvalue weighted by Crippen LogP contribution is 2.24. The summed E-state index contributed by atoms with van der Waals surface area (Å²) in [6.07, 6.45) is -0.108. The molecular formula is C18H18Cl3N3O4S. The summed E-state index contributed by atoms with van der Waals surface area (Å²) in [5.41, 5.74) is 0.445. The van der Waals surface area contributed by atoms with Crippen molar-refractivity contribution in [1.29, 1.82) is 0 Å². The second kappa shape index (κ2) is 10.3. The van der Waals surface area contributed by atoms with Crippen LogP contribution in [0.4, 0.5) is 5.69 Å². The number of nitrogens with one attached hydrogen (secondary N) is 2. The Morgan fingerprint density at radius 1 is 1.00 bits per heavy atom. The first-order valence-electron chi connectivity index (χ1n) is 8.32. The molecule has 29 heavy (non-hydrogen) atoms. The molecule has 0 bridgehead atoms. The van der Waals surface area contributed by atoms with E-state index in [1.807, 2.05) is 0 Å². The topological polar surface area (TPSA) is 95.6 Å². The molecule has 0 spiro atoms. The standard InChI is InChI=1S/C18H18Cl3N3O4S/c1-24(11-17(25)23-13-4-7-15(20)16(21)10-13)18(26)8-9-22-29(27,28)14-5-2-12(19)3-6-14/h2-7,10,22H,8-9,11H2,1H3,(H,23,25). The van der Waals surface area contributed by atoms with Gasteiger partial charge < -0.3 is 10.2 Å². The number of rotatable bonds is 8. The summed E-state index contributed by atoms with van der Waals surface area (Å²) in [6.45, 7) is -0.314. The Balaban J connectivity index is 1.81. The van der Waals surface area contributed by atoms with Gasteiger partial charge in [-0.25, -0.2) is 13.1 Å². The van der Waals surface area contributed by atoms with E-state index in [2.05, 4.69) is 10.0 Å². The molecule has 2 amide bonds. The van der Waals surface area contributed by atoms with Crippen molar-refractivity contribution in [3.63, 3.8) is 0 Å². The monoisotopic (exact) mass is 477 g/mol. The molecule has 7 nitrogen and oxygen atoms in total. The highest BCUT2D eigenvalue weighted by atomic mass is 35.5. The largest absolute Gasteiger partial charge is 0.336 e. The lowest BCUT2D eigenvalue weighted by Crippen LogP contribution is -2.37. The lowest BCUT2D eigenvalue weighted by Gasteiger charge is -2.17. The van der Waals surface area contributed by atoms with Gasteiger partial charge in [0.05, 0.1) is 21.5 Å². The van der Waals surface area contributed by atoms with Crippen LogP contribution in [-0.2, 0) is 19.6 Å². The van der Waals surface area contributed by atoms with E-state index in [1.54, 1.807) is 12.1 Å². The molecule has 156 valence electrons. The Hall–Kier alpha value is -1.84. The fraction of sp³-hybridized carbons (Fsp3) is 0.222. The molecule has 0 fully saturated rings. The zero-order valence-corrected chi connectivity index (χ0v) is 18.4. The van der Waals surface area contributed by atoms with Crippen molar-refractivity contribution in [3.8, 4) is 0 Å². The Kier molecular flexibility index (Phi) is 8.30. The number of benzene rings is 2. The lowest BCUT2D eigenvalue weighted by atomic mass is 10.3.